The molecule has 0 aromatic rings. The molecule has 0 saturated heterocycles. The summed E-state index contributed by atoms with van der Waals surface area (Å²) < 4.78 is 0. The van der Waals surface area contributed by atoms with Crippen molar-refractivity contribution in [2.24, 2.45) is 23.7 Å². The number of hydrogen-bond acceptors (Lipinski definition) is 0. The molecule has 78 valence electrons. The number of allylic oxidation sites excluding steroid dienone is 4. The summed E-state index contributed by atoms with van der Waals surface area (Å²) in [4.78, 5) is 0. The van der Waals surface area contributed by atoms with Crippen LogP contribution in [0.25, 0.3) is 0 Å². The van der Waals surface area contributed by atoms with Crippen molar-refractivity contribution in [3.05, 3.63) is 23.3 Å². The lowest BCUT2D eigenvalue weighted by molar-refractivity contribution is 0.385. The van der Waals surface area contributed by atoms with E-state index in [0.717, 1.165) is 23.7 Å². The molecule has 0 nitrogen and oxygen atoms in total. The summed E-state index contributed by atoms with van der Waals surface area (Å²) in [7, 11) is 0. The second-order valence-corrected chi connectivity index (χ2v) is 5.54. The van der Waals surface area contributed by atoms with Crippen molar-refractivity contribution >= 4 is 0 Å². The van der Waals surface area contributed by atoms with E-state index in [1.54, 1.807) is 5.57 Å². The van der Waals surface area contributed by atoms with Crippen LogP contribution in [0.4, 0.5) is 0 Å². The highest BCUT2D eigenvalue weighted by molar-refractivity contribution is 5.30. The summed E-state index contributed by atoms with van der Waals surface area (Å²) in [6, 6.07) is 0. The molecule has 0 N–H and O–H groups in total. The molecule has 3 unspecified atom stereocenters. The first-order valence-electron chi connectivity index (χ1n) is 5.94. The summed E-state index contributed by atoms with van der Waals surface area (Å²) in [5.74, 6) is 3.54. The van der Waals surface area contributed by atoms with Crippen LogP contribution in [0.1, 0.15) is 40.5 Å². The molecule has 0 aromatic carbocycles. The Hall–Kier alpha value is -0.520. The van der Waals surface area contributed by atoms with Crippen molar-refractivity contribution in [3.8, 4) is 0 Å². The van der Waals surface area contributed by atoms with Gasteiger partial charge in [0, 0.05) is 0 Å². The zero-order valence-corrected chi connectivity index (χ0v) is 9.88. The van der Waals surface area contributed by atoms with Gasteiger partial charge in [-0.05, 0) is 50.4 Å². The molecule has 0 radical (unpaired) electrons. The van der Waals surface area contributed by atoms with E-state index in [1.807, 2.05) is 0 Å². The summed E-state index contributed by atoms with van der Waals surface area (Å²) in [6.07, 6.45) is 7.73. The van der Waals surface area contributed by atoms with Gasteiger partial charge < -0.3 is 0 Å². The SMILES string of the molecule is CC1=CC2CC(C(C)C)CC2C(C)=C1. The third kappa shape index (κ3) is 1.67. The van der Waals surface area contributed by atoms with Crippen molar-refractivity contribution in [2.75, 3.05) is 0 Å². The van der Waals surface area contributed by atoms with Gasteiger partial charge in [-0.3, -0.25) is 0 Å². The minimum atomic E-state index is 0.854. The van der Waals surface area contributed by atoms with E-state index in [2.05, 4.69) is 39.8 Å². The Morgan fingerprint density at radius 2 is 1.93 bits per heavy atom. The quantitative estimate of drug-likeness (QED) is 0.581. The van der Waals surface area contributed by atoms with Crippen LogP contribution in [0, 0.1) is 23.7 Å². The molecular weight excluding hydrogens is 168 g/mol. The van der Waals surface area contributed by atoms with Gasteiger partial charge in [-0.2, -0.15) is 0 Å². The highest BCUT2D eigenvalue weighted by atomic mass is 14.4. The van der Waals surface area contributed by atoms with Gasteiger partial charge in [-0.15, -0.1) is 0 Å². The van der Waals surface area contributed by atoms with Gasteiger partial charge in [0.2, 0.25) is 0 Å². The van der Waals surface area contributed by atoms with E-state index in [1.165, 1.54) is 18.4 Å². The van der Waals surface area contributed by atoms with E-state index in [-0.39, 0.29) is 0 Å². The van der Waals surface area contributed by atoms with E-state index in [9.17, 15) is 0 Å². The maximum atomic E-state index is 2.50. The first-order chi connectivity index (χ1) is 6.58. The van der Waals surface area contributed by atoms with Crippen LogP contribution in [0.15, 0.2) is 23.3 Å². The largest absolute Gasteiger partial charge is 0.0779 e. The lowest BCUT2D eigenvalue weighted by Crippen LogP contribution is -2.10. The second-order valence-electron chi connectivity index (χ2n) is 5.54. The Morgan fingerprint density at radius 1 is 1.21 bits per heavy atom. The van der Waals surface area contributed by atoms with Crippen molar-refractivity contribution < 1.29 is 0 Å². The number of fused-ring (bicyclic) bond motifs is 1. The first-order valence-corrected chi connectivity index (χ1v) is 5.94. The fourth-order valence-electron chi connectivity index (χ4n) is 3.22. The van der Waals surface area contributed by atoms with Gasteiger partial charge in [0.1, 0.15) is 0 Å². The van der Waals surface area contributed by atoms with Crippen molar-refractivity contribution in [3.63, 3.8) is 0 Å². The molecule has 2 aliphatic carbocycles. The molecule has 0 bridgehead atoms. The Kier molecular flexibility index (Phi) is 2.55. The molecule has 0 aromatic heterocycles. The fourth-order valence-corrected chi connectivity index (χ4v) is 3.22. The Balaban J connectivity index is 2.16. The third-order valence-corrected chi connectivity index (χ3v) is 4.11. The number of rotatable bonds is 1. The van der Waals surface area contributed by atoms with E-state index >= 15 is 0 Å². The average molecular weight is 190 g/mol. The van der Waals surface area contributed by atoms with Gasteiger partial charge in [0.15, 0.2) is 0 Å². The predicted octanol–water partition coefficient (Wildman–Crippen LogP) is 4.19. The third-order valence-electron chi connectivity index (χ3n) is 4.11. The molecule has 0 amide bonds. The lowest BCUT2D eigenvalue weighted by atomic mass is 9.83. The predicted molar refractivity (Wildman–Crippen MR) is 62.1 cm³/mol. The summed E-state index contributed by atoms with van der Waals surface area (Å²) >= 11 is 0. The molecule has 0 aliphatic heterocycles. The summed E-state index contributed by atoms with van der Waals surface area (Å²) in [5.41, 5.74) is 3.10. The molecular formula is C14H22. The maximum Gasteiger partial charge on any atom is -0.0137 e. The molecule has 14 heavy (non-hydrogen) atoms. The Morgan fingerprint density at radius 3 is 2.57 bits per heavy atom. The Labute approximate surface area is 88.1 Å². The van der Waals surface area contributed by atoms with Crippen LogP contribution in [0.3, 0.4) is 0 Å². The minimum Gasteiger partial charge on any atom is -0.0779 e. The summed E-state index contributed by atoms with van der Waals surface area (Å²) in [5, 5.41) is 0. The van der Waals surface area contributed by atoms with Gasteiger partial charge in [-0.1, -0.05) is 37.1 Å². The van der Waals surface area contributed by atoms with Crippen LogP contribution >= 0.6 is 0 Å². The fraction of sp³-hybridized carbons (Fsp3) is 0.714. The minimum absolute atomic E-state index is 0.854. The first kappa shape index (κ1) is 10.0. The monoisotopic (exact) mass is 190 g/mol. The standard InChI is InChI=1S/C14H22/c1-9(2)12-7-13-6-10(3)5-11(4)14(13)8-12/h5-6,9,12-14H,7-8H2,1-4H3. The molecule has 3 atom stereocenters. The van der Waals surface area contributed by atoms with Crippen LogP contribution in [0.5, 0.6) is 0 Å². The molecule has 0 spiro atoms. The smallest absolute Gasteiger partial charge is 0.0137 e. The molecule has 2 aliphatic rings. The van der Waals surface area contributed by atoms with Crippen LogP contribution < -0.4 is 0 Å². The molecule has 0 heterocycles. The zero-order valence-electron chi connectivity index (χ0n) is 9.88. The van der Waals surface area contributed by atoms with Gasteiger partial charge in [0.25, 0.3) is 0 Å². The van der Waals surface area contributed by atoms with E-state index < -0.39 is 0 Å². The van der Waals surface area contributed by atoms with Crippen LogP contribution in [-0.2, 0) is 0 Å². The van der Waals surface area contributed by atoms with E-state index in [4.69, 9.17) is 0 Å². The van der Waals surface area contributed by atoms with Crippen molar-refractivity contribution in [1.82, 2.24) is 0 Å². The maximum absolute atomic E-state index is 2.50. The topological polar surface area (TPSA) is 0 Å². The van der Waals surface area contributed by atoms with Crippen molar-refractivity contribution in [2.45, 2.75) is 40.5 Å². The molecule has 1 fully saturated rings. The zero-order chi connectivity index (χ0) is 10.3. The van der Waals surface area contributed by atoms with Crippen LogP contribution in [-0.4, -0.2) is 0 Å². The molecule has 0 heteroatoms. The average Bonchev–Trinajstić information content (AvgIpc) is 2.47. The number of hydrogen-bond donors (Lipinski definition) is 0. The Bertz CT molecular complexity index is 280. The van der Waals surface area contributed by atoms with Gasteiger partial charge in [0.05, 0.1) is 0 Å². The normalized spacial score (nSPS) is 36.8. The van der Waals surface area contributed by atoms with Gasteiger partial charge in [-0.25, -0.2) is 0 Å². The highest BCUT2D eigenvalue weighted by Crippen LogP contribution is 2.46. The second kappa shape index (κ2) is 3.56. The summed E-state index contributed by atoms with van der Waals surface area (Å²) in [6.45, 7) is 9.30. The van der Waals surface area contributed by atoms with Crippen LogP contribution in [0.2, 0.25) is 0 Å². The molecule has 1 saturated carbocycles. The highest BCUT2D eigenvalue weighted by Gasteiger charge is 2.36. The lowest BCUT2D eigenvalue weighted by Gasteiger charge is -2.22. The molecule has 2 rings (SSSR count). The van der Waals surface area contributed by atoms with Crippen molar-refractivity contribution in [1.29, 1.82) is 0 Å². The van der Waals surface area contributed by atoms with Gasteiger partial charge >= 0.3 is 0 Å². The van der Waals surface area contributed by atoms with E-state index in [0.29, 0.717) is 0 Å².